The lowest BCUT2D eigenvalue weighted by Gasteiger charge is -2.37. The van der Waals surface area contributed by atoms with E-state index in [-0.39, 0.29) is 28.8 Å². The Morgan fingerprint density at radius 2 is 1.82 bits per heavy atom. The van der Waals surface area contributed by atoms with Crippen molar-refractivity contribution in [2.24, 2.45) is 0 Å². The van der Waals surface area contributed by atoms with Gasteiger partial charge in [0, 0.05) is 10.9 Å². The van der Waals surface area contributed by atoms with Crippen molar-refractivity contribution in [1.29, 1.82) is 0 Å². The first-order valence-electron chi connectivity index (χ1n) is 10.2. The molecule has 0 amide bonds. The van der Waals surface area contributed by atoms with E-state index in [0.717, 1.165) is 12.3 Å². The highest BCUT2D eigenvalue weighted by atomic mass is 32.2. The summed E-state index contributed by atoms with van der Waals surface area (Å²) in [6.07, 6.45) is 1.54. The minimum Gasteiger partial charge on any atom is -0.391 e. The van der Waals surface area contributed by atoms with Gasteiger partial charge in [-0.2, -0.15) is 13.9 Å². The lowest BCUT2D eigenvalue weighted by atomic mass is 9.81. The molecule has 178 valence electrons. The molecule has 0 radical (unpaired) electrons. The number of halogens is 3. The van der Waals surface area contributed by atoms with Crippen LogP contribution in [0.1, 0.15) is 38.3 Å². The first kappa shape index (κ1) is 24.8. The second-order valence-corrected chi connectivity index (χ2v) is 9.95. The first-order chi connectivity index (χ1) is 15.2. The quantitative estimate of drug-likeness (QED) is 0.455. The number of sulfonamides is 1. The molecule has 0 fully saturated rings. The normalized spacial score (nSPS) is 15.3. The zero-order valence-corrected chi connectivity index (χ0v) is 19.5. The van der Waals surface area contributed by atoms with Gasteiger partial charge in [-0.3, -0.25) is 9.40 Å². The molecule has 6 nitrogen and oxygen atoms in total. The number of benzene rings is 2. The van der Waals surface area contributed by atoms with E-state index in [1.54, 1.807) is 6.92 Å². The van der Waals surface area contributed by atoms with Crippen LogP contribution in [0, 0.1) is 5.82 Å². The summed E-state index contributed by atoms with van der Waals surface area (Å²) in [5.74, 6) is -3.92. The highest BCUT2D eigenvalue weighted by Crippen LogP contribution is 2.40. The third-order valence-electron chi connectivity index (χ3n) is 5.84. The number of rotatable bonds is 8. The van der Waals surface area contributed by atoms with Gasteiger partial charge in [-0.05, 0) is 43.5 Å². The highest BCUT2D eigenvalue weighted by Gasteiger charge is 2.41. The Labute approximate surface area is 190 Å². The van der Waals surface area contributed by atoms with Gasteiger partial charge in [-0.25, -0.2) is 12.8 Å². The number of aliphatic hydroxyl groups excluding tert-OH is 1. The Bertz CT molecular complexity index is 1300. The van der Waals surface area contributed by atoms with Crippen LogP contribution in [0.4, 0.5) is 18.9 Å². The van der Waals surface area contributed by atoms with Gasteiger partial charge < -0.3 is 5.11 Å². The Balaban J connectivity index is 2.25. The van der Waals surface area contributed by atoms with Gasteiger partial charge in [-0.15, -0.1) is 0 Å². The number of nitrogens with one attached hydrogen (secondary N) is 1. The van der Waals surface area contributed by atoms with Crippen molar-refractivity contribution in [2.75, 3.05) is 11.0 Å². The molecule has 0 aliphatic rings. The van der Waals surface area contributed by atoms with Crippen molar-refractivity contribution in [1.82, 2.24) is 9.78 Å². The molecule has 0 aliphatic carbocycles. The molecule has 1 heterocycles. The van der Waals surface area contributed by atoms with E-state index in [1.165, 1.54) is 55.1 Å². The maximum absolute atomic E-state index is 14.5. The third-order valence-corrected chi connectivity index (χ3v) is 6.43. The number of fused-ring (bicyclic) bond motifs is 1. The molecule has 2 aromatic carbocycles. The van der Waals surface area contributed by atoms with Crippen LogP contribution in [0.2, 0.25) is 0 Å². The van der Waals surface area contributed by atoms with Crippen molar-refractivity contribution in [2.45, 2.75) is 44.8 Å². The summed E-state index contributed by atoms with van der Waals surface area (Å²) < 4.78 is 70.4. The second kappa shape index (κ2) is 8.49. The summed E-state index contributed by atoms with van der Waals surface area (Å²) in [6, 6.07) is 7.71. The smallest absolute Gasteiger partial charge is 0.294 e. The van der Waals surface area contributed by atoms with Crippen LogP contribution in [0.3, 0.4) is 0 Å². The molecule has 2 unspecified atom stereocenters. The summed E-state index contributed by atoms with van der Waals surface area (Å²) in [5.41, 5.74) is -1.06. The standard InChI is InChI=1S/C23H26F3N3O3S/c1-6-22(15(4)30,16-7-9-17(10-8-16)23(25,26)14(2)3)29-21-12-18(24)11-20(19(21)13-27-29)28-33(5,31)32/h7-13,15,28,30H,2,6H2,1,3-5H3. The van der Waals surface area contributed by atoms with Gasteiger partial charge in [0.2, 0.25) is 10.0 Å². The van der Waals surface area contributed by atoms with Crippen molar-refractivity contribution < 1.29 is 26.7 Å². The van der Waals surface area contributed by atoms with E-state index in [2.05, 4.69) is 16.4 Å². The molecular weight excluding hydrogens is 455 g/mol. The van der Waals surface area contributed by atoms with Crippen LogP contribution in [0.5, 0.6) is 0 Å². The lowest BCUT2D eigenvalue weighted by molar-refractivity contribution is 0.0383. The lowest BCUT2D eigenvalue weighted by Crippen LogP contribution is -2.45. The summed E-state index contributed by atoms with van der Waals surface area (Å²) in [7, 11) is -3.69. The topological polar surface area (TPSA) is 84.2 Å². The average Bonchev–Trinajstić information content (AvgIpc) is 3.12. The van der Waals surface area contributed by atoms with Crippen molar-refractivity contribution in [3.63, 3.8) is 0 Å². The number of alkyl halides is 2. The fourth-order valence-corrected chi connectivity index (χ4v) is 4.67. The predicted molar refractivity (Wildman–Crippen MR) is 122 cm³/mol. The SMILES string of the molecule is C=C(C)C(F)(F)c1ccc(C(CC)(C(C)O)n2ncc3c(NS(C)(=O)=O)cc(F)cc32)cc1. The fraction of sp³-hybridized carbons (Fsp3) is 0.348. The zero-order valence-electron chi connectivity index (χ0n) is 18.7. The molecule has 0 spiro atoms. The van der Waals surface area contributed by atoms with Gasteiger partial charge >= 0.3 is 0 Å². The molecule has 0 bridgehead atoms. The number of aliphatic hydroxyl groups is 1. The van der Waals surface area contributed by atoms with Gasteiger partial charge in [0.25, 0.3) is 5.92 Å². The van der Waals surface area contributed by atoms with E-state index in [9.17, 15) is 26.7 Å². The zero-order chi connectivity index (χ0) is 24.8. The first-order valence-corrected chi connectivity index (χ1v) is 12.1. The molecule has 33 heavy (non-hydrogen) atoms. The molecule has 0 aliphatic heterocycles. The summed E-state index contributed by atoms with van der Waals surface area (Å²) in [5, 5.41) is 15.5. The fourth-order valence-electron chi connectivity index (χ4n) is 4.10. The van der Waals surface area contributed by atoms with Crippen LogP contribution < -0.4 is 4.72 Å². The number of allylic oxidation sites excluding steroid dienone is 1. The van der Waals surface area contributed by atoms with E-state index in [0.29, 0.717) is 10.9 Å². The van der Waals surface area contributed by atoms with Crippen molar-refractivity contribution >= 4 is 26.6 Å². The van der Waals surface area contributed by atoms with Crippen LogP contribution >= 0.6 is 0 Å². The van der Waals surface area contributed by atoms with E-state index in [1.807, 2.05) is 0 Å². The molecule has 3 aromatic rings. The van der Waals surface area contributed by atoms with Crippen LogP contribution in [-0.2, 0) is 21.5 Å². The molecule has 10 heteroatoms. The van der Waals surface area contributed by atoms with Gasteiger partial charge in [0.05, 0.1) is 29.8 Å². The van der Waals surface area contributed by atoms with Crippen molar-refractivity contribution in [3.8, 4) is 0 Å². The maximum atomic E-state index is 14.5. The minimum absolute atomic E-state index is 0.00536. The molecule has 1 aromatic heterocycles. The largest absolute Gasteiger partial charge is 0.391 e. The van der Waals surface area contributed by atoms with Crippen LogP contribution in [0.25, 0.3) is 10.9 Å². The molecule has 0 saturated carbocycles. The highest BCUT2D eigenvalue weighted by molar-refractivity contribution is 7.92. The summed E-state index contributed by atoms with van der Waals surface area (Å²) in [4.78, 5) is 0. The Morgan fingerprint density at radius 3 is 2.30 bits per heavy atom. The number of hydrogen-bond donors (Lipinski definition) is 2. The third kappa shape index (κ3) is 4.37. The minimum atomic E-state index is -3.69. The van der Waals surface area contributed by atoms with Gasteiger partial charge in [0.1, 0.15) is 11.4 Å². The molecule has 3 rings (SSSR count). The number of nitrogens with zero attached hydrogens (tertiary/aromatic N) is 2. The second-order valence-electron chi connectivity index (χ2n) is 8.20. The molecule has 2 atom stereocenters. The summed E-state index contributed by atoms with van der Waals surface area (Å²) in [6.45, 7) is 7.90. The van der Waals surface area contributed by atoms with Gasteiger partial charge in [-0.1, -0.05) is 37.8 Å². The van der Waals surface area contributed by atoms with Crippen LogP contribution in [0.15, 0.2) is 54.7 Å². The summed E-state index contributed by atoms with van der Waals surface area (Å²) >= 11 is 0. The molecule has 2 N–H and O–H groups in total. The number of anilines is 1. The maximum Gasteiger partial charge on any atom is 0.294 e. The van der Waals surface area contributed by atoms with Crippen molar-refractivity contribution in [3.05, 3.63) is 71.7 Å². The van der Waals surface area contributed by atoms with E-state index in [4.69, 9.17) is 0 Å². The van der Waals surface area contributed by atoms with Crippen LogP contribution in [-0.4, -0.2) is 35.7 Å². The Morgan fingerprint density at radius 1 is 1.24 bits per heavy atom. The molecular formula is C23H26F3N3O3S. The number of hydrogen-bond acceptors (Lipinski definition) is 4. The number of aromatic nitrogens is 2. The Hall–Kier alpha value is -2.85. The monoisotopic (exact) mass is 481 g/mol. The van der Waals surface area contributed by atoms with Gasteiger partial charge in [0.15, 0.2) is 0 Å². The predicted octanol–water partition coefficient (Wildman–Crippen LogP) is 4.75. The molecule has 0 saturated heterocycles. The van der Waals surface area contributed by atoms with E-state index < -0.39 is 33.4 Å². The Kier molecular flexibility index (Phi) is 6.38. The van der Waals surface area contributed by atoms with E-state index >= 15 is 0 Å². The average molecular weight is 482 g/mol.